The smallest absolute Gasteiger partial charge is 0.165 e. The summed E-state index contributed by atoms with van der Waals surface area (Å²) in [6, 6.07) is 57.3. The molecule has 10 rings (SSSR count). The zero-order valence-electron chi connectivity index (χ0n) is 27.4. The molecule has 0 amide bonds. The Labute approximate surface area is 298 Å². The Kier molecular flexibility index (Phi) is 6.96. The van der Waals surface area contributed by atoms with E-state index in [-0.39, 0.29) is 0 Å². The molecule has 0 spiro atoms. The van der Waals surface area contributed by atoms with E-state index in [1.165, 1.54) is 20.2 Å². The third kappa shape index (κ3) is 5.32. The van der Waals surface area contributed by atoms with Crippen molar-refractivity contribution in [1.29, 1.82) is 0 Å². The fourth-order valence-corrected chi connectivity index (χ4v) is 8.15. The van der Waals surface area contributed by atoms with E-state index in [0.29, 0.717) is 17.5 Å². The van der Waals surface area contributed by atoms with Gasteiger partial charge in [-0.1, -0.05) is 121 Å². The van der Waals surface area contributed by atoms with Gasteiger partial charge in [0.1, 0.15) is 0 Å². The Morgan fingerprint density at radius 1 is 0.373 bits per heavy atom. The van der Waals surface area contributed by atoms with Crippen LogP contribution in [0.3, 0.4) is 0 Å². The van der Waals surface area contributed by atoms with Crippen molar-refractivity contribution in [3.8, 4) is 56.4 Å². The van der Waals surface area contributed by atoms with Crippen molar-refractivity contribution in [1.82, 2.24) is 19.9 Å². The topological polar surface area (TPSA) is 51.6 Å². The van der Waals surface area contributed by atoms with E-state index >= 15 is 0 Å². The summed E-state index contributed by atoms with van der Waals surface area (Å²) in [4.78, 5) is 20.2. The Bertz CT molecular complexity index is 2930. The molecule has 238 valence electrons. The van der Waals surface area contributed by atoms with Crippen molar-refractivity contribution < 1.29 is 0 Å². The van der Waals surface area contributed by atoms with Gasteiger partial charge in [-0.2, -0.15) is 0 Å². The molecule has 0 atom stereocenters. The Hall–Kier alpha value is -6.56. The van der Waals surface area contributed by atoms with E-state index < -0.39 is 0 Å². The highest BCUT2D eigenvalue weighted by Gasteiger charge is 2.17. The molecule has 0 aliphatic rings. The Balaban J connectivity index is 1.15. The third-order valence-corrected chi connectivity index (χ3v) is 10.8. The van der Waals surface area contributed by atoms with Gasteiger partial charge in [0, 0.05) is 54.0 Å². The maximum absolute atomic E-state index is 5.20. The Morgan fingerprint density at radius 3 is 1.90 bits per heavy atom. The highest BCUT2D eigenvalue weighted by Crippen LogP contribution is 2.40. The first-order valence-electron chi connectivity index (χ1n) is 17.0. The number of hydrogen-bond donors (Lipinski definition) is 0. The van der Waals surface area contributed by atoms with E-state index in [4.69, 9.17) is 19.9 Å². The van der Waals surface area contributed by atoms with Gasteiger partial charge in [-0.25, -0.2) is 15.0 Å². The molecule has 0 radical (unpaired) electrons. The van der Waals surface area contributed by atoms with Gasteiger partial charge in [-0.05, 0) is 69.9 Å². The lowest BCUT2D eigenvalue weighted by Gasteiger charge is -2.11. The molecule has 3 heterocycles. The zero-order chi connectivity index (χ0) is 33.7. The first-order chi connectivity index (χ1) is 25.2. The van der Waals surface area contributed by atoms with E-state index in [0.717, 1.165) is 60.6 Å². The number of fused-ring (bicyclic) bond motifs is 5. The summed E-state index contributed by atoms with van der Waals surface area (Å²) in [5.74, 6) is 1.94. The first kappa shape index (κ1) is 29.4. The fraction of sp³-hybridized carbons (Fsp3) is 0. The summed E-state index contributed by atoms with van der Waals surface area (Å²) in [6.45, 7) is 0. The number of hydrogen-bond acceptors (Lipinski definition) is 5. The van der Waals surface area contributed by atoms with Crippen LogP contribution in [-0.4, -0.2) is 19.9 Å². The predicted molar refractivity (Wildman–Crippen MR) is 213 cm³/mol. The summed E-state index contributed by atoms with van der Waals surface area (Å²) >= 11 is 1.78. The van der Waals surface area contributed by atoms with Crippen molar-refractivity contribution in [2.24, 2.45) is 0 Å². The normalized spacial score (nSPS) is 11.5. The standard InChI is InChI=1S/C46H28N4S/c1-2-10-29(11-3-1)31-13-8-14-34(24-31)44-48-45(50-46(49-44)40-17-9-16-39-38-15-5-7-19-42(38)51-43(39)40)35-23-21-30-20-22-32(25-36(30)27-35)37-26-33-12-4-6-18-41(33)47-28-37/h1-28H. The van der Waals surface area contributed by atoms with E-state index in [2.05, 4.69) is 146 Å². The summed E-state index contributed by atoms with van der Waals surface area (Å²) in [5, 5.41) is 5.84. The molecular formula is C46H28N4S. The van der Waals surface area contributed by atoms with Gasteiger partial charge in [-0.15, -0.1) is 11.3 Å². The number of nitrogens with zero attached hydrogens (tertiary/aromatic N) is 4. The molecule has 7 aromatic carbocycles. The van der Waals surface area contributed by atoms with Gasteiger partial charge in [0.15, 0.2) is 17.5 Å². The molecule has 51 heavy (non-hydrogen) atoms. The number of aromatic nitrogens is 4. The maximum Gasteiger partial charge on any atom is 0.165 e. The molecule has 4 nitrogen and oxygen atoms in total. The number of benzene rings is 7. The van der Waals surface area contributed by atoms with Crippen molar-refractivity contribution in [3.05, 3.63) is 170 Å². The molecule has 0 N–H and O–H groups in total. The highest BCUT2D eigenvalue weighted by molar-refractivity contribution is 7.26. The minimum Gasteiger partial charge on any atom is -0.256 e. The van der Waals surface area contributed by atoms with E-state index in [1.54, 1.807) is 11.3 Å². The SMILES string of the molecule is c1ccc(-c2cccc(-c3nc(-c4ccc5ccc(-c6cnc7ccccc7c6)cc5c4)nc(-c4cccc5c4sc4ccccc45)n3)c2)cc1. The lowest BCUT2D eigenvalue weighted by atomic mass is 9.99. The Morgan fingerprint density at radius 2 is 1.00 bits per heavy atom. The second-order valence-corrected chi connectivity index (χ2v) is 13.8. The fourth-order valence-electron chi connectivity index (χ4n) is 6.94. The van der Waals surface area contributed by atoms with Crippen LogP contribution in [0, 0.1) is 0 Å². The van der Waals surface area contributed by atoms with Gasteiger partial charge in [0.25, 0.3) is 0 Å². The van der Waals surface area contributed by atoms with Gasteiger partial charge < -0.3 is 0 Å². The minimum absolute atomic E-state index is 0.637. The van der Waals surface area contributed by atoms with E-state index in [9.17, 15) is 0 Å². The van der Waals surface area contributed by atoms with Crippen LogP contribution in [0.25, 0.3) is 98.3 Å². The third-order valence-electron chi connectivity index (χ3n) is 9.53. The predicted octanol–water partition coefficient (Wildman–Crippen LogP) is 12.3. The molecule has 5 heteroatoms. The second kappa shape index (κ2) is 12.1. The molecule has 0 saturated heterocycles. The molecule has 0 aliphatic heterocycles. The molecule has 3 aromatic heterocycles. The van der Waals surface area contributed by atoms with Crippen LogP contribution >= 0.6 is 11.3 Å². The van der Waals surface area contributed by atoms with Gasteiger partial charge >= 0.3 is 0 Å². The number of thiophene rings is 1. The number of rotatable bonds is 5. The van der Waals surface area contributed by atoms with Gasteiger partial charge in [-0.3, -0.25) is 4.98 Å². The lowest BCUT2D eigenvalue weighted by molar-refractivity contribution is 1.08. The first-order valence-corrected chi connectivity index (χ1v) is 17.8. The summed E-state index contributed by atoms with van der Waals surface area (Å²) < 4.78 is 2.42. The van der Waals surface area contributed by atoms with Crippen LogP contribution in [0.4, 0.5) is 0 Å². The average molecular weight is 669 g/mol. The van der Waals surface area contributed by atoms with Crippen molar-refractivity contribution in [2.45, 2.75) is 0 Å². The molecular weight excluding hydrogens is 641 g/mol. The molecule has 0 saturated carbocycles. The zero-order valence-corrected chi connectivity index (χ0v) is 28.2. The van der Waals surface area contributed by atoms with Crippen LogP contribution < -0.4 is 0 Å². The average Bonchev–Trinajstić information content (AvgIpc) is 3.59. The van der Waals surface area contributed by atoms with Crippen LogP contribution in [0.1, 0.15) is 0 Å². The monoisotopic (exact) mass is 668 g/mol. The highest BCUT2D eigenvalue weighted by atomic mass is 32.1. The van der Waals surface area contributed by atoms with Crippen molar-refractivity contribution >= 4 is 53.2 Å². The minimum atomic E-state index is 0.637. The summed E-state index contributed by atoms with van der Waals surface area (Å²) in [5.41, 5.74) is 8.33. The second-order valence-electron chi connectivity index (χ2n) is 12.7. The van der Waals surface area contributed by atoms with Crippen LogP contribution in [-0.2, 0) is 0 Å². The lowest BCUT2D eigenvalue weighted by Crippen LogP contribution is -2.00. The van der Waals surface area contributed by atoms with Crippen LogP contribution in [0.2, 0.25) is 0 Å². The summed E-state index contributed by atoms with van der Waals surface area (Å²) in [6.07, 6.45) is 1.95. The van der Waals surface area contributed by atoms with Crippen LogP contribution in [0.15, 0.2) is 170 Å². The van der Waals surface area contributed by atoms with Gasteiger partial charge in [0.05, 0.1) is 5.52 Å². The molecule has 10 aromatic rings. The number of pyridine rings is 1. The van der Waals surface area contributed by atoms with Crippen LogP contribution in [0.5, 0.6) is 0 Å². The number of para-hydroxylation sites is 1. The largest absolute Gasteiger partial charge is 0.256 e. The van der Waals surface area contributed by atoms with Crippen molar-refractivity contribution in [3.63, 3.8) is 0 Å². The van der Waals surface area contributed by atoms with Gasteiger partial charge in [0.2, 0.25) is 0 Å². The van der Waals surface area contributed by atoms with E-state index in [1.807, 2.05) is 24.4 Å². The quantitative estimate of drug-likeness (QED) is 0.183. The molecule has 0 fully saturated rings. The summed E-state index contributed by atoms with van der Waals surface area (Å²) in [7, 11) is 0. The molecule has 0 unspecified atom stereocenters. The van der Waals surface area contributed by atoms with Crippen molar-refractivity contribution in [2.75, 3.05) is 0 Å². The maximum atomic E-state index is 5.20. The molecule has 0 bridgehead atoms. The molecule has 0 aliphatic carbocycles.